The number of rotatable bonds is 5. The van der Waals surface area contributed by atoms with Gasteiger partial charge in [0, 0.05) is 37.7 Å². The Morgan fingerprint density at radius 2 is 1.90 bits per heavy atom. The summed E-state index contributed by atoms with van der Waals surface area (Å²) in [5, 5.41) is 18.9. The van der Waals surface area contributed by atoms with Crippen LogP contribution in [0.1, 0.15) is 27.2 Å². The van der Waals surface area contributed by atoms with Gasteiger partial charge in [0.15, 0.2) is 21.5 Å². The Balaban J connectivity index is 1.44. The van der Waals surface area contributed by atoms with Crippen LogP contribution in [0.2, 0.25) is 0 Å². The number of benzene rings is 1. The van der Waals surface area contributed by atoms with Gasteiger partial charge in [-0.3, -0.25) is 9.59 Å². The number of carbonyl (C=O) groups excluding carboxylic acids is 2. The molecule has 11 nitrogen and oxygen atoms in total. The molecule has 5 rings (SSSR count). The second-order valence-corrected chi connectivity index (χ2v) is 11.7. The number of aromatic nitrogens is 3. The molecule has 1 fully saturated rings. The molecule has 2 aromatic heterocycles. The molecule has 3 aromatic rings. The van der Waals surface area contributed by atoms with E-state index in [0.717, 1.165) is 18.4 Å². The van der Waals surface area contributed by atoms with Crippen molar-refractivity contribution in [2.75, 3.05) is 35.3 Å². The molecule has 2 aliphatic heterocycles. The average molecular weight is 560 g/mol. The van der Waals surface area contributed by atoms with Crippen molar-refractivity contribution < 1.29 is 31.2 Å². The first kappa shape index (κ1) is 26.2. The molecule has 2 aliphatic rings. The van der Waals surface area contributed by atoms with E-state index in [9.17, 15) is 31.2 Å². The Labute approximate surface area is 220 Å². The third-order valence-corrected chi connectivity index (χ3v) is 7.15. The number of hydrogen-bond donors (Lipinski definition) is 2. The quantitative estimate of drug-likeness (QED) is 0.480. The molecule has 4 heterocycles. The van der Waals surface area contributed by atoms with Crippen LogP contribution in [0.15, 0.2) is 42.6 Å². The Kier molecular flexibility index (Phi) is 6.10. The predicted octanol–water partition coefficient (Wildman–Crippen LogP) is 1.69. The number of nitrogens with one attached hydrogen (secondary N) is 2. The Morgan fingerprint density at radius 3 is 2.46 bits per heavy atom. The lowest BCUT2D eigenvalue weighted by Gasteiger charge is -2.52. The number of fused-ring (bicyclic) bond motifs is 1. The highest BCUT2D eigenvalue weighted by atomic mass is 32.2. The minimum Gasteiger partial charge on any atom is -0.367 e. The first-order valence-electron chi connectivity index (χ1n) is 11.5. The summed E-state index contributed by atoms with van der Waals surface area (Å²) in [6, 6.07) is 9.60. The maximum atomic E-state index is 13.3. The molecule has 2 amide bonds. The summed E-state index contributed by atoms with van der Waals surface area (Å²) >= 11 is 0. The van der Waals surface area contributed by atoms with Gasteiger partial charge in [0.05, 0.1) is 22.4 Å². The van der Waals surface area contributed by atoms with E-state index in [4.69, 9.17) is 5.26 Å². The van der Waals surface area contributed by atoms with Crippen molar-refractivity contribution in [2.24, 2.45) is 0 Å². The monoisotopic (exact) mass is 559 g/mol. The molecule has 15 heteroatoms. The highest BCUT2D eigenvalue weighted by Crippen LogP contribution is 2.38. The molecule has 39 heavy (non-hydrogen) atoms. The number of anilines is 2. The van der Waals surface area contributed by atoms with Crippen LogP contribution < -0.4 is 15.5 Å². The summed E-state index contributed by atoms with van der Waals surface area (Å²) in [5.74, 6) is -2.14. The van der Waals surface area contributed by atoms with E-state index < -0.39 is 44.7 Å². The van der Waals surface area contributed by atoms with E-state index in [0.29, 0.717) is 24.5 Å². The summed E-state index contributed by atoms with van der Waals surface area (Å²) in [5.41, 5.74) is -0.307. The number of nitriles is 1. The van der Waals surface area contributed by atoms with Gasteiger partial charge in [-0.15, -0.1) is 0 Å². The standard InChI is InChI=1S/C24H20F3N7O4S/c1-39(37,38)11-19(35)30-21-20-17(32-34(21)18-7-2-14(9-28)10-29-18)8-23(31-22(20)36)12-33(13-23)16-5-3-15(4-6-16)24(25,26)27/h2-7,10H,8,11-13H2,1H3,(H,30,35)(H,31,36). The SMILES string of the molecule is CS(=O)(=O)CC(=O)Nc1c2c(nn1-c1ccc(C#N)cn1)CC1(CN(c3ccc(C(F)(F)F)cc3)C1)NC2=O. The number of carbonyl (C=O) groups is 2. The van der Waals surface area contributed by atoms with Crippen molar-refractivity contribution in [1.29, 1.82) is 5.26 Å². The van der Waals surface area contributed by atoms with E-state index in [2.05, 4.69) is 20.7 Å². The maximum absolute atomic E-state index is 13.3. The predicted molar refractivity (Wildman–Crippen MR) is 132 cm³/mol. The number of hydrogen-bond acceptors (Lipinski definition) is 8. The number of pyridine rings is 1. The number of sulfone groups is 1. The number of alkyl halides is 3. The second-order valence-electron chi connectivity index (χ2n) is 9.53. The van der Waals surface area contributed by atoms with Crippen molar-refractivity contribution in [3.63, 3.8) is 0 Å². The van der Waals surface area contributed by atoms with Crippen LogP contribution in [0.4, 0.5) is 24.7 Å². The first-order valence-corrected chi connectivity index (χ1v) is 13.5. The first-order chi connectivity index (χ1) is 18.3. The van der Waals surface area contributed by atoms with Gasteiger partial charge in [-0.25, -0.2) is 13.4 Å². The number of nitrogens with zero attached hydrogens (tertiary/aromatic N) is 5. The zero-order valence-corrected chi connectivity index (χ0v) is 21.1. The van der Waals surface area contributed by atoms with Gasteiger partial charge in [-0.1, -0.05) is 0 Å². The smallest absolute Gasteiger partial charge is 0.367 e. The molecule has 0 radical (unpaired) electrons. The van der Waals surface area contributed by atoms with Crippen LogP contribution in [0.3, 0.4) is 0 Å². The number of amides is 2. The summed E-state index contributed by atoms with van der Waals surface area (Å²) in [6.45, 7) is 0.614. The molecule has 2 N–H and O–H groups in total. The summed E-state index contributed by atoms with van der Waals surface area (Å²) in [6.07, 6.45) is -2.02. The van der Waals surface area contributed by atoms with Gasteiger partial charge >= 0.3 is 6.18 Å². The Bertz CT molecular complexity index is 1620. The van der Waals surface area contributed by atoms with Crippen LogP contribution in [-0.4, -0.2) is 65.6 Å². The second kappa shape index (κ2) is 9.09. The highest BCUT2D eigenvalue weighted by molar-refractivity contribution is 7.91. The zero-order chi connectivity index (χ0) is 28.2. The van der Waals surface area contributed by atoms with Crippen LogP contribution in [-0.2, 0) is 27.2 Å². The van der Waals surface area contributed by atoms with Gasteiger partial charge in [-0.2, -0.15) is 28.2 Å². The fraction of sp³-hybridized carbons (Fsp3) is 0.292. The van der Waals surface area contributed by atoms with E-state index in [-0.39, 0.29) is 29.2 Å². The molecule has 202 valence electrons. The van der Waals surface area contributed by atoms with Crippen molar-refractivity contribution in [3.05, 3.63) is 65.0 Å². The molecule has 1 aromatic carbocycles. The molecule has 0 aliphatic carbocycles. The van der Waals surface area contributed by atoms with Crippen LogP contribution in [0.25, 0.3) is 5.82 Å². The summed E-state index contributed by atoms with van der Waals surface area (Å²) < 4.78 is 63.2. The van der Waals surface area contributed by atoms with Crippen molar-refractivity contribution in [2.45, 2.75) is 18.1 Å². The van der Waals surface area contributed by atoms with E-state index in [1.54, 1.807) is 0 Å². The van der Waals surface area contributed by atoms with Crippen LogP contribution in [0, 0.1) is 11.3 Å². The van der Waals surface area contributed by atoms with E-state index >= 15 is 0 Å². The van der Waals surface area contributed by atoms with Crippen molar-refractivity contribution in [3.8, 4) is 11.9 Å². The minimum absolute atomic E-state index is 0.0432. The molecule has 0 saturated carbocycles. The molecular weight excluding hydrogens is 539 g/mol. The van der Waals surface area contributed by atoms with Crippen molar-refractivity contribution >= 4 is 33.2 Å². The van der Waals surface area contributed by atoms with Crippen molar-refractivity contribution in [1.82, 2.24) is 20.1 Å². The Morgan fingerprint density at radius 1 is 1.21 bits per heavy atom. The minimum atomic E-state index is -4.44. The fourth-order valence-electron chi connectivity index (χ4n) is 4.68. The topological polar surface area (TPSA) is 150 Å². The molecule has 0 atom stereocenters. The highest BCUT2D eigenvalue weighted by Gasteiger charge is 2.50. The van der Waals surface area contributed by atoms with Gasteiger partial charge in [0.25, 0.3) is 5.91 Å². The Hall–Kier alpha value is -4.45. The molecule has 1 saturated heterocycles. The maximum Gasteiger partial charge on any atom is 0.416 e. The van der Waals surface area contributed by atoms with E-state index in [1.165, 1.54) is 35.1 Å². The fourth-order valence-corrected chi connectivity index (χ4v) is 5.23. The summed E-state index contributed by atoms with van der Waals surface area (Å²) in [4.78, 5) is 31.7. The third-order valence-electron chi connectivity index (χ3n) is 6.36. The molecule has 0 bridgehead atoms. The normalized spacial score (nSPS) is 16.2. The van der Waals surface area contributed by atoms with Crippen LogP contribution in [0.5, 0.6) is 0 Å². The lowest BCUT2D eigenvalue weighted by molar-refractivity contribution is -0.137. The summed E-state index contributed by atoms with van der Waals surface area (Å²) in [7, 11) is -3.67. The average Bonchev–Trinajstić information content (AvgIpc) is 3.19. The third kappa shape index (κ3) is 5.15. The lowest BCUT2D eigenvalue weighted by Crippen LogP contribution is -2.73. The van der Waals surface area contributed by atoms with E-state index in [1.807, 2.05) is 11.0 Å². The van der Waals surface area contributed by atoms with Gasteiger partial charge < -0.3 is 15.5 Å². The van der Waals surface area contributed by atoms with Gasteiger partial charge in [0.1, 0.15) is 17.4 Å². The zero-order valence-electron chi connectivity index (χ0n) is 20.3. The van der Waals surface area contributed by atoms with Gasteiger partial charge in [-0.05, 0) is 36.4 Å². The molecule has 0 unspecified atom stereocenters. The van der Waals surface area contributed by atoms with Gasteiger partial charge in [0.2, 0.25) is 5.91 Å². The molecular formula is C24H20F3N7O4S. The number of halogens is 3. The lowest BCUT2D eigenvalue weighted by atomic mass is 9.80. The van der Waals surface area contributed by atoms with Crippen LogP contribution >= 0.6 is 0 Å². The largest absolute Gasteiger partial charge is 0.416 e. The molecule has 1 spiro atoms.